The fraction of sp³-hybridized carbons (Fsp3) is 0.455. The summed E-state index contributed by atoms with van der Waals surface area (Å²) in [5, 5.41) is 0. The number of alkyl halides is 3. The van der Waals surface area contributed by atoms with E-state index in [-0.39, 0.29) is 11.4 Å². The number of sulfonamides is 1. The first-order valence-electron chi connectivity index (χ1n) is 5.49. The summed E-state index contributed by atoms with van der Waals surface area (Å²) < 4.78 is 61.0. The van der Waals surface area contributed by atoms with Gasteiger partial charge in [0.1, 0.15) is 0 Å². The Bertz CT molecular complexity index is 529. The Hall–Kier alpha value is -1.12. The quantitative estimate of drug-likeness (QED) is 0.900. The molecule has 2 N–H and O–H groups in total. The largest absolute Gasteiger partial charge is 0.390 e. The van der Waals surface area contributed by atoms with Crippen molar-refractivity contribution >= 4 is 10.0 Å². The second-order valence-electron chi connectivity index (χ2n) is 4.04. The smallest absolute Gasteiger partial charge is 0.326 e. The topological polar surface area (TPSA) is 63.4 Å². The van der Waals surface area contributed by atoms with Crippen LogP contribution in [0.3, 0.4) is 0 Å². The maximum atomic E-state index is 12.1. The van der Waals surface area contributed by atoms with E-state index in [1.807, 2.05) is 0 Å². The second-order valence-corrected chi connectivity index (χ2v) is 6.09. The van der Waals surface area contributed by atoms with E-state index >= 15 is 0 Å². The van der Waals surface area contributed by atoms with Gasteiger partial charge in [-0.3, -0.25) is 0 Å². The van der Waals surface area contributed by atoms with E-state index in [0.29, 0.717) is 9.87 Å². The lowest BCUT2D eigenvalue weighted by molar-refractivity contribution is -0.135. The van der Waals surface area contributed by atoms with E-state index in [0.717, 1.165) is 7.05 Å². The molecule has 0 atom stereocenters. The molecule has 8 heteroatoms. The molecule has 0 spiro atoms. The molecule has 19 heavy (non-hydrogen) atoms. The van der Waals surface area contributed by atoms with Gasteiger partial charge in [0.05, 0.1) is 11.3 Å². The number of hydrogen-bond donors (Lipinski definition) is 1. The van der Waals surface area contributed by atoms with Crippen molar-refractivity contribution in [2.24, 2.45) is 5.73 Å². The average Bonchev–Trinajstić information content (AvgIpc) is 2.35. The predicted molar refractivity (Wildman–Crippen MR) is 64.8 cm³/mol. The molecule has 0 aliphatic carbocycles. The van der Waals surface area contributed by atoms with Crippen LogP contribution in [0.4, 0.5) is 13.2 Å². The molecule has 1 rings (SSSR count). The van der Waals surface area contributed by atoms with Crippen LogP contribution in [0.1, 0.15) is 12.0 Å². The molecule has 0 aromatic heterocycles. The summed E-state index contributed by atoms with van der Waals surface area (Å²) in [5.41, 5.74) is 6.00. The third-order valence-electron chi connectivity index (χ3n) is 2.55. The number of nitrogens with zero attached hydrogens (tertiary/aromatic N) is 1. The molecule has 0 fully saturated rings. The molecule has 0 radical (unpaired) electrons. The highest BCUT2D eigenvalue weighted by atomic mass is 32.2. The minimum atomic E-state index is -4.39. The van der Waals surface area contributed by atoms with Crippen molar-refractivity contribution in [1.82, 2.24) is 4.31 Å². The highest BCUT2D eigenvalue weighted by Crippen LogP contribution is 2.22. The minimum absolute atomic E-state index is 0.0554. The van der Waals surface area contributed by atoms with E-state index < -0.39 is 29.2 Å². The maximum absolute atomic E-state index is 12.1. The Kier molecular flexibility index (Phi) is 4.94. The minimum Gasteiger partial charge on any atom is -0.326 e. The molecule has 4 nitrogen and oxygen atoms in total. The summed E-state index contributed by atoms with van der Waals surface area (Å²) in [4.78, 5) is -0.0554. The normalized spacial score (nSPS) is 12.9. The first-order chi connectivity index (χ1) is 8.66. The summed E-state index contributed by atoms with van der Waals surface area (Å²) >= 11 is 0. The second kappa shape index (κ2) is 5.89. The van der Waals surface area contributed by atoms with Gasteiger partial charge >= 0.3 is 6.18 Å². The van der Waals surface area contributed by atoms with Crippen molar-refractivity contribution in [3.05, 3.63) is 29.8 Å². The molecule has 0 heterocycles. The molecule has 0 saturated heterocycles. The Labute approximate surface area is 110 Å². The molecule has 0 saturated carbocycles. The molecule has 0 aliphatic rings. The van der Waals surface area contributed by atoms with E-state index in [4.69, 9.17) is 5.73 Å². The van der Waals surface area contributed by atoms with Gasteiger partial charge in [0.15, 0.2) is 0 Å². The van der Waals surface area contributed by atoms with Gasteiger partial charge in [-0.05, 0) is 17.7 Å². The molecule has 0 amide bonds. The van der Waals surface area contributed by atoms with Crippen molar-refractivity contribution < 1.29 is 21.6 Å². The van der Waals surface area contributed by atoms with E-state index in [2.05, 4.69) is 0 Å². The molecule has 1 aromatic rings. The van der Waals surface area contributed by atoms with Crippen LogP contribution in [-0.4, -0.2) is 32.5 Å². The van der Waals surface area contributed by atoms with Crippen molar-refractivity contribution in [3.8, 4) is 0 Å². The Balaban J connectivity index is 2.90. The monoisotopic (exact) mass is 296 g/mol. The Morgan fingerprint density at radius 3 is 2.47 bits per heavy atom. The number of nitrogens with two attached hydrogens (primary N) is 1. The maximum Gasteiger partial charge on any atom is 0.390 e. The lowest BCUT2D eigenvalue weighted by Crippen LogP contribution is -2.30. The van der Waals surface area contributed by atoms with Gasteiger partial charge in [-0.2, -0.15) is 13.2 Å². The van der Waals surface area contributed by atoms with Crippen molar-refractivity contribution in [2.45, 2.75) is 24.0 Å². The molecular weight excluding hydrogens is 281 g/mol. The zero-order chi connectivity index (χ0) is 14.7. The zero-order valence-corrected chi connectivity index (χ0v) is 11.1. The van der Waals surface area contributed by atoms with Gasteiger partial charge in [0, 0.05) is 20.1 Å². The zero-order valence-electron chi connectivity index (χ0n) is 10.3. The highest BCUT2D eigenvalue weighted by Gasteiger charge is 2.30. The number of hydrogen-bond acceptors (Lipinski definition) is 3. The third kappa shape index (κ3) is 4.48. The van der Waals surface area contributed by atoms with Crippen LogP contribution in [0.2, 0.25) is 0 Å². The van der Waals surface area contributed by atoms with Gasteiger partial charge in [-0.15, -0.1) is 0 Å². The summed E-state index contributed by atoms with van der Waals surface area (Å²) in [6.07, 6.45) is -5.57. The summed E-state index contributed by atoms with van der Waals surface area (Å²) in [5.74, 6) is 0. The fourth-order valence-electron chi connectivity index (χ4n) is 1.42. The molecule has 0 aliphatic heterocycles. The van der Waals surface area contributed by atoms with Crippen molar-refractivity contribution in [3.63, 3.8) is 0 Å². The van der Waals surface area contributed by atoms with Gasteiger partial charge in [0.25, 0.3) is 0 Å². The van der Waals surface area contributed by atoms with Crippen LogP contribution in [0.15, 0.2) is 29.2 Å². The van der Waals surface area contributed by atoms with Crippen LogP contribution in [0, 0.1) is 0 Å². The first-order valence-corrected chi connectivity index (χ1v) is 6.93. The van der Waals surface area contributed by atoms with Crippen LogP contribution in [-0.2, 0) is 16.6 Å². The molecular formula is C11H15F3N2O2S. The standard InChI is InChI=1S/C11H15F3N2O2S/c1-16(6-5-11(12,13)14)19(17,18)10-4-2-3-9(7-10)8-15/h2-4,7H,5-6,8,15H2,1H3. The lowest BCUT2D eigenvalue weighted by atomic mass is 10.2. The molecule has 108 valence electrons. The van der Waals surface area contributed by atoms with E-state index in [1.165, 1.54) is 18.2 Å². The van der Waals surface area contributed by atoms with Crippen LogP contribution in [0.25, 0.3) is 0 Å². The summed E-state index contributed by atoms with van der Waals surface area (Å²) in [6.45, 7) is -0.450. The first kappa shape index (κ1) is 15.9. The van der Waals surface area contributed by atoms with E-state index in [1.54, 1.807) is 6.07 Å². The van der Waals surface area contributed by atoms with E-state index in [9.17, 15) is 21.6 Å². The third-order valence-corrected chi connectivity index (χ3v) is 4.41. The van der Waals surface area contributed by atoms with Gasteiger partial charge in [-0.25, -0.2) is 12.7 Å². The van der Waals surface area contributed by atoms with Crippen LogP contribution in [0.5, 0.6) is 0 Å². The van der Waals surface area contributed by atoms with Gasteiger partial charge in [0.2, 0.25) is 10.0 Å². The number of benzene rings is 1. The molecule has 0 unspecified atom stereocenters. The molecule has 1 aromatic carbocycles. The SMILES string of the molecule is CN(CCC(F)(F)F)S(=O)(=O)c1cccc(CN)c1. The average molecular weight is 296 g/mol. The lowest BCUT2D eigenvalue weighted by Gasteiger charge is -2.18. The number of rotatable bonds is 5. The highest BCUT2D eigenvalue weighted by molar-refractivity contribution is 7.89. The Morgan fingerprint density at radius 1 is 1.32 bits per heavy atom. The van der Waals surface area contributed by atoms with Crippen molar-refractivity contribution in [2.75, 3.05) is 13.6 Å². The molecule has 0 bridgehead atoms. The van der Waals surface area contributed by atoms with Gasteiger partial charge in [-0.1, -0.05) is 12.1 Å². The Morgan fingerprint density at radius 2 is 1.95 bits per heavy atom. The summed E-state index contributed by atoms with van der Waals surface area (Å²) in [6, 6.07) is 5.85. The van der Waals surface area contributed by atoms with Crippen LogP contribution >= 0.6 is 0 Å². The predicted octanol–water partition coefficient (Wildman–Crippen LogP) is 1.72. The van der Waals surface area contributed by atoms with Crippen LogP contribution < -0.4 is 5.73 Å². The summed E-state index contributed by atoms with van der Waals surface area (Å²) in [7, 11) is -2.80. The van der Waals surface area contributed by atoms with Gasteiger partial charge < -0.3 is 5.73 Å². The fourth-order valence-corrected chi connectivity index (χ4v) is 2.66. The van der Waals surface area contributed by atoms with Crippen molar-refractivity contribution in [1.29, 1.82) is 0 Å². The number of halogens is 3.